The van der Waals surface area contributed by atoms with Crippen molar-refractivity contribution < 1.29 is 0 Å². The van der Waals surface area contributed by atoms with E-state index in [1.165, 1.54) is 43.5 Å². The fourth-order valence-corrected chi connectivity index (χ4v) is 5.99. The van der Waals surface area contributed by atoms with Gasteiger partial charge in [0.1, 0.15) is 5.82 Å². The Morgan fingerprint density at radius 3 is 2.40 bits per heavy atom. The van der Waals surface area contributed by atoms with E-state index in [-0.39, 0.29) is 0 Å². The molecule has 3 N–H and O–H groups in total. The minimum Gasteiger partial charge on any atom is -0.382 e. The summed E-state index contributed by atoms with van der Waals surface area (Å²) < 4.78 is 0. The molecule has 0 radical (unpaired) electrons. The van der Waals surface area contributed by atoms with Crippen molar-refractivity contribution in [3.8, 4) is 0 Å². The van der Waals surface area contributed by atoms with E-state index in [9.17, 15) is 0 Å². The molecule has 108 valence electrons. The van der Waals surface area contributed by atoms with Gasteiger partial charge in [0.25, 0.3) is 0 Å². The van der Waals surface area contributed by atoms with Crippen LogP contribution in [0.25, 0.3) is 0 Å². The molecule has 4 fully saturated rings. The Morgan fingerprint density at radius 1 is 1.05 bits per heavy atom. The SMILES string of the molecule is Nc1n[nH]c2c1CN(CC1C3CC4CC(C3)CC1C4)C2. The molecular weight excluding hydrogens is 248 g/mol. The Labute approximate surface area is 120 Å². The lowest BCUT2D eigenvalue weighted by molar-refractivity contribution is -0.0497. The Bertz CT molecular complexity index is 507. The van der Waals surface area contributed by atoms with Crippen LogP contribution < -0.4 is 5.73 Å². The van der Waals surface area contributed by atoms with Gasteiger partial charge in [-0.25, -0.2) is 0 Å². The van der Waals surface area contributed by atoms with Crippen LogP contribution in [0.5, 0.6) is 0 Å². The van der Waals surface area contributed by atoms with Crippen molar-refractivity contribution in [3.63, 3.8) is 0 Å². The Hall–Kier alpha value is -1.03. The maximum Gasteiger partial charge on any atom is 0.150 e. The highest BCUT2D eigenvalue weighted by atomic mass is 15.2. The number of aromatic nitrogens is 2. The molecule has 0 amide bonds. The quantitative estimate of drug-likeness (QED) is 0.869. The third-order valence-electron chi connectivity index (χ3n) is 6.64. The van der Waals surface area contributed by atoms with Crippen molar-refractivity contribution in [2.45, 2.75) is 45.2 Å². The van der Waals surface area contributed by atoms with Crippen LogP contribution >= 0.6 is 0 Å². The predicted molar refractivity (Wildman–Crippen MR) is 77.6 cm³/mol. The molecule has 1 aliphatic heterocycles. The van der Waals surface area contributed by atoms with Gasteiger partial charge in [-0.05, 0) is 61.7 Å². The number of nitrogens with two attached hydrogens (primary N) is 1. The maximum atomic E-state index is 5.93. The molecule has 1 aromatic rings. The van der Waals surface area contributed by atoms with Crippen LogP contribution in [-0.4, -0.2) is 21.6 Å². The smallest absolute Gasteiger partial charge is 0.150 e. The molecule has 4 heteroatoms. The minimum atomic E-state index is 0.715. The maximum absolute atomic E-state index is 5.93. The molecule has 5 aliphatic rings. The van der Waals surface area contributed by atoms with Crippen molar-refractivity contribution >= 4 is 5.82 Å². The zero-order chi connectivity index (χ0) is 13.3. The van der Waals surface area contributed by atoms with Gasteiger partial charge >= 0.3 is 0 Å². The lowest BCUT2D eigenvalue weighted by Gasteiger charge is -2.55. The van der Waals surface area contributed by atoms with Gasteiger partial charge in [0.15, 0.2) is 0 Å². The fourth-order valence-electron chi connectivity index (χ4n) is 5.99. The second-order valence-electron chi connectivity index (χ2n) is 7.83. The van der Waals surface area contributed by atoms with Gasteiger partial charge in [0.2, 0.25) is 0 Å². The van der Waals surface area contributed by atoms with E-state index in [1.807, 2.05) is 0 Å². The molecule has 0 aromatic carbocycles. The summed E-state index contributed by atoms with van der Waals surface area (Å²) in [5.41, 5.74) is 8.45. The number of aromatic amines is 1. The van der Waals surface area contributed by atoms with Gasteiger partial charge in [0.05, 0.1) is 5.69 Å². The van der Waals surface area contributed by atoms with Crippen LogP contribution in [0.15, 0.2) is 0 Å². The van der Waals surface area contributed by atoms with Crippen molar-refractivity contribution in [1.29, 1.82) is 0 Å². The van der Waals surface area contributed by atoms with E-state index in [0.717, 1.165) is 42.7 Å². The van der Waals surface area contributed by atoms with Gasteiger partial charge in [0, 0.05) is 25.2 Å². The van der Waals surface area contributed by atoms with Crippen LogP contribution in [-0.2, 0) is 13.1 Å². The molecule has 6 rings (SSSR count). The summed E-state index contributed by atoms with van der Waals surface area (Å²) in [6, 6.07) is 0. The van der Waals surface area contributed by atoms with Crippen molar-refractivity contribution in [2.24, 2.45) is 29.6 Å². The summed E-state index contributed by atoms with van der Waals surface area (Å²) in [5.74, 6) is 5.90. The van der Waals surface area contributed by atoms with Gasteiger partial charge in [-0.3, -0.25) is 10.00 Å². The number of hydrogen-bond donors (Lipinski definition) is 2. The van der Waals surface area contributed by atoms with Gasteiger partial charge < -0.3 is 5.73 Å². The lowest BCUT2D eigenvalue weighted by Crippen LogP contribution is -2.48. The molecule has 0 atom stereocenters. The number of rotatable bonds is 2. The van der Waals surface area contributed by atoms with Crippen molar-refractivity contribution in [3.05, 3.63) is 11.3 Å². The average Bonchev–Trinajstić information content (AvgIpc) is 2.95. The molecule has 2 heterocycles. The highest BCUT2D eigenvalue weighted by molar-refractivity contribution is 5.43. The first-order valence-electron chi connectivity index (χ1n) is 8.30. The molecule has 4 bridgehead atoms. The predicted octanol–water partition coefficient (Wildman–Crippen LogP) is 2.38. The summed E-state index contributed by atoms with van der Waals surface area (Å²) in [6.07, 6.45) is 7.66. The monoisotopic (exact) mass is 272 g/mol. The lowest BCUT2D eigenvalue weighted by atomic mass is 9.52. The van der Waals surface area contributed by atoms with Crippen LogP contribution in [0.1, 0.15) is 43.4 Å². The summed E-state index contributed by atoms with van der Waals surface area (Å²) in [6.45, 7) is 3.33. The van der Waals surface area contributed by atoms with Crippen molar-refractivity contribution in [1.82, 2.24) is 15.1 Å². The largest absolute Gasteiger partial charge is 0.382 e. The van der Waals surface area contributed by atoms with E-state index in [4.69, 9.17) is 5.73 Å². The van der Waals surface area contributed by atoms with Crippen LogP contribution in [0, 0.1) is 29.6 Å². The summed E-state index contributed by atoms with van der Waals surface area (Å²) in [7, 11) is 0. The van der Waals surface area contributed by atoms with Crippen LogP contribution in [0.2, 0.25) is 0 Å². The zero-order valence-electron chi connectivity index (χ0n) is 12.0. The van der Waals surface area contributed by atoms with E-state index >= 15 is 0 Å². The summed E-state index contributed by atoms with van der Waals surface area (Å²) in [5, 5.41) is 7.22. The Kier molecular flexibility index (Phi) is 2.32. The van der Waals surface area contributed by atoms with E-state index in [0.29, 0.717) is 5.82 Å². The number of hydrogen-bond acceptors (Lipinski definition) is 3. The molecule has 20 heavy (non-hydrogen) atoms. The standard InChI is InChI=1S/C16H24N4/c17-16-14-7-20(8-15(14)18-19-16)6-13-11-2-9-1-10(4-11)5-12(13)3-9/h9-13H,1-8H2,(H3,17,18,19). The molecular formula is C16H24N4. The molecule has 0 unspecified atom stereocenters. The number of nitrogen functional groups attached to an aromatic ring is 1. The third kappa shape index (κ3) is 1.60. The van der Waals surface area contributed by atoms with Crippen LogP contribution in [0.3, 0.4) is 0 Å². The minimum absolute atomic E-state index is 0.715. The molecule has 4 nitrogen and oxygen atoms in total. The number of fused-ring (bicyclic) bond motifs is 1. The summed E-state index contributed by atoms with van der Waals surface area (Å²) >= 11 is 0. The second kappa shape index (κ2) is 4.00. The molecule has 4 saturated carbocycles. The van der Waals surface area contributed by atoms with E-state index < -0.39 is 0 Å². The highest BCUT2D eigenvalue weighted by Crippen LogP contribution is 2.56. The normalized spacial score (nSPS) is 42.3. The number of nitrogens with zero attached hydrogens (tertiary/aromatic N) is 2. The second-order valence-corrected chi connectivity index (χ2v) is 7.83. The van der Waals surface area contributed by atoms with E-state index in [2.05, 4.69) is 15.1 Å². The number of nitrogens with one attached hydrogen (secondary N) is 1. The Balaban J connectivity index is 1.31. The average molecular weight is 272 g/mol. The van der Waals surface area contributed by atoms with Crippen LogP contribution in [0.4, 0.5) is 5.82 Å². The first-order chi connectivity index (χ1) is 9.76. The van der Waals surface area contributed by atoms with Crippen molar-refractivity contribution in [2.75, 3.05) is 12.3 Å². The topological polar surface area (TPSA) is 57.9 Å². The zero-order valence-corrected chi connectivity index (χ0v) is 12.0. The number of H-pyrrole nitrogens is 1. The molecule has 1 aromatic heterocycles. The molecule has 0 spiro atoms. The first kappa shape index (κ1) is 11.6. The molecule has 4 aliphatic carbocycles. The van der Waals surface area contributed by atoms with Gasteiger partial charge in [-0.1, -0.05) is 0 Å². The fraction of sp³-hybridized carbons (Fsp3) is 0.812. The third-order valence-corrected chi connectivity index (χ3v) is 6.64. The number of anilines is 1. The first-order valence-corrected chi connectivity index (χ1v) is 8.30. The Morgan fingerprint density at radius 2 is 1.75 bits per heavy atom. The van der Waals surface area contributed by atoms with Gasteiger partial charge in [-0.15, -0.1) is 0 Å². The highest BCUT2D eigenvalue weighted by Gasteiger charge is 2.48. The molecule has 0 saturated heterocycles. The summed E-state index contributed by atoms with van der Waals surface area (Å²) in [4.78, 5) is 2.60. The van der Waals surface area contributed by atoms with Gasteiger partial charge in [-0.2, -0.15) is 5.10 Å². The van der Waals surface area contributed by atoms with E-state index in [1.54, 1.807) is 6.42 Å².